The summed E-state index contributed by atoms with van der Waals surface area (Å²) in [5.41, 5.74) is 3.43. The summed E-state index contributed by atoms with van der Waals surface area (Å²) in [6, 6.07) is 12.1. The van der Waals surface area contributed by atoms with Crippen LogP contribution < -0.4 is 18.9 Å². The third-order valence-corrected chi connectivity index (χ3v) is 6.24. The van der Waals surface area contributed by atoms with E-state index in [2.05, 4.69) is 26.0 Å². The molecular weight excluding hydrogens is 396 g/mol. The van der Waals surface area contributed by atoms with E-state index >= 15 is 0 Å². The average molecular weight is 424 g/mol. The van der Waals surface area contributed by atoms with Crippen LogP contribution in [0.1, 0.15) is 37.2 Å². The molecule has 164 valence electrons. The Morgan fingerprint density at radius 1 is 0.903 bits per heavy atom. The largest absolute Gasteiger partial charge is 0.493 e. The minimum absolute atomic E-state index is 0.00178. The third-order valence-electron chi connectivity index (χ3n) is 6.24. The maximum Gasteiger partial charge on any atom is 0.231 e. The molecule has 0 radical (unpaired) electrons. The molecule has 5 rings (SSSR count). The first-order valence-corrected chi connectivity index (χ1v) is 10.7. The smallest absolute Gasteiger partial charge is 0.231 e. The minimum Gasteiger partial charge on any atom is -0.493 e. The number of ether oxygens (including phenoxy) is 6. The number of fused-ring (bicyclic) bond motifs is 2. The number of benzene rings is 2. The fourth-order valence-corrected chi connectivity index (χ4v) is 4.60. The zero-order valence-electron chi connectivity index (χ0n) is 18.1. The molecule has 2 aromatic carbocycles. The number of hydrogen-bond donors (Lipinski definition) is 0. The van der Waals surface area contributed by atoms with Crippen LogP contribution in [0, 0.1) is 11.8 Å². The Kier molecular flexibility index (Phi) is 5.50. The van der Waals surface area contributed by atoms with Crippen molar-refractivity contribution in [2.45, 2.75) is 26.1 Å². The van der Waals surface area contributed by atoms with Crippen LogP contribution in [0.25, 0.3) is 0 Å². The zero-order chi connectivity index (χ0) is 21.4. The van der Waals surface area contributed by atoms with E-state index < -0.39 is 0 Å². The first-order valence-electron chi connectivity index (χ1n) is 10.7. The van der Waals surface area contributed by atoms with Gasteiger partial charge in [0.05, 0.1) is 32.5 Å². The summed E-state index contributed by atoms with van der Waals surface area (Å²) >= 11 is 0. The Labute approximate surface area is 182 Å². The standard InChI is InChI=1S/C25H28O6/c1-15(2)8-9-27-20-6-4-16(10-22(20)26-3)24-18-12-29-25(19(18)13-28-24)17-5-7-21-23(11-17)31-14-30-21/h4-8,10-11,18-19,24-25H,9,12-14H2,1-3H3/t18-,19-,24?,25?/m0/s1. The van der Waals surface area contributed by atoms with E-state index in [0.29, 0.717) is 25.7 Å². The average Bonchev–Trinajstić information content (AvgIpc) is 3.49. The summed E-state index contributed by atoms with van der Waals surface area (Å²) in [5, 5.41) is 0. The molecule has 0 aromatic heterocycles. The van der Waals surface area contributed by atoms with Crippen LogP contribution in [0.3, 0.4) is 0 Å². The molecular formula is C25H28O6. The van der Waals surface area contributed by atoms with Crippen LogP contribution in [-0.2, 0) is 9.47 Å². The molecule has 2 unspecified atom stereocenters. The van der Waals surface area contributed by atoms with Crippen molar-refractivity contribution in [1.29, 1.82) is 0 Å². The number of methoxy groups -OCH3 is 1. The molecule has 3 heterocycles. The first kappa shape index (κ1) is 20.2. The Morgan fingerprint density at radius 2 is 1.58 bits per heavy atom. The van der Waals surface area contributed by atoms with Crippen molar-refractivity contribution in [1.82, 2.24) is 0 Å². The molecule has 0 amide bonds. The number of allylic oxidation sites excluding steroid dienone is 1. The van der Waals surface area contributed by atoms with E-state index in [1.54, 1.807) is 7.11 Å². The van der Waals surface area contributed by atoms with Gasteiger partial charge in [-0.2, -0.15) is 0 Å². The van der Waals surface area contributed by atoms with Crippen LogP contribution >= 0.6 is 0 Å². The molecule has 0 N–H and O–H groups in total. The maximum absolute atomic E-state index is 6.26. The van der Waals surface area contributed by atoms with E-state index in [1.165, 1.54) is 5.57 Å². The van der Waals surface area contributed by atoms with Crippen molar-refractivity contribution in [3.63, 3.8) is 0 Å². The quantitative estimate of drug-likeness (QED) is 0.619. The van der Waals surface area contributed by atoms with Crippen molar-refractivity contribution in [2.75, 3.05) is 33.7 Å². The maximum atomic E-state index is 6.26. The van der Waals surface area contributed by atoms with E-state index in [9.17, 15) is 0 Å². The molecule has 2 aromatic rings. The summed E-state index contributed by atoms with van der Waals surface area (Å²) in [6.45, 7) is 6.23. The Balaban J connectivity index is 1.32. The highest BCUT2D eigenvalue weighted by atomic mass is 16.7. The van der Waals surface area contributed by atoms with Gasteiger partial charge in [0.15, 0.2) is 23.0 Å². The molecule has 31 heavy (non-hydrogen) atoms. The summed E-state index contributed by atoms with van der Waals surface area (Å²) < 4.78 is 34.9. The lowest BCUT2D eigenvalue weighted by molar-refractivity contribution is 0.0191. The van der Waals surface area contributed by atoms with Crippen LogP contribution in [0.15, 0.2) is 48.0 Å². The monoisotopic (exact) mass is 424 g/mol. The van der Waals surface area contributed by atoms with Crippen molar-refractivity contribution in [3.05, 3.63) is 59.2 Å². The van der Waals surface area contributed by atoms with Gasteiger partial charge in [0.25, 0.3) is 0 Å². The lowest BCUT2D eigenvalue weighted by atomic mass is 9.85. The molecule has 3 aliphatic heterocycles. The summed E-state index contributed by atoms with van der Waals surface area (Å²) in [5.74, 6) is 3.62. The summed E-state index contributed by atoms with van der Waals surface area (Å²) in [6.07, 6.45) is 2.02. The topological polar surface area (TPSA) is 55.4 Å². The van der Waals surface area contributed by atoms with Crippen LogP contribution in [-0.4, -0.2) is 33.7 Å². The van der Waals surface area contributed by atoms with E-state index in [1.807, 2.05) is 30.3 Å². The van der Waals surface area contributed by atoms with Gasteiger partial charge in [-0.15, -0.1) is 0 Å². The molecule has 6 heteroatoms. The molecule has 3 aliphatic rings. The normalized spacial score (nSPS) is 25.9. The van der Waals surface area contributed by atoms with Gasteiger partial charge in [-0.25, -0.2) is 0 Å². The van der Waals surface area contributed by atoms with Gasteiger partial charge in [-0.1, -0.05) is 17.7 Å². The van der Waals surface area contributed by atoms with Gasteiger partial charge in [-0.05, 0) is 55.3 Å². The molecule has 0 spiro atoms. The van der Waals surface area contributed by atoms with Gasteiger partial charge in [-0.3, -0.25) is 0 Å². The lowest BCUT2D eigenvalue weighted by Gasteiger charge is -2.18. The lowest BCUT2D eigenvalue weighted by Crippen LogP contribution is -2.14. The Hall–Kier alpha value is -2.70. The molecule has 2 saturated heterocycles. The van der Waals surface area contributed by atoms with Crippen LogP contribution in [0.2, 0.25) is 0 Å². The van der Waals surface area contributed by atoms with Gasteiger partial charge in [0.2, 0.25) is 6.79 Å². The Morgan fingerprint density at radius 3 is 2.29 bits per heavy atom. The molecule has 0 bridgehead atoms. The van der Waals surface area contributed by atoms with Crippen molar-refractivity contribution >= 4 is 0 Å². The second kappa shape index (κ2) is 8.44. The predicted octanol–water partition coefficient (Wildman–Crippen LogP) is 4.84. The highest BCUT2D eigenvalue weighted by Crippen LogP contribution is 2.51. The fourth-order valence-electron chi connectivity index (χ4n) is 4.60. The first-order chi connectivity index (χ1) is 15.1. The third kappa shape index (κ3) is 3.86. The van der Waals surface area contributed by atoms with Gasteiger partial charge in [0.1, 0.15) is 6.61 Å². The molecule has 4 atom stereocenters. The molecule has 0 saturated carbocycles. The van der Waals surface area contributed by atoms with E-state index in [-0.39, 0.29) is 24.9 Å². The van der Waals surface area contributed by atoms with Gasteiger partial charge in [0, 0.05) is 11.8 Å². The predicted molar refractivity (Wildman–Crippen MR) is 115 cm³/mol. The zero-order valence-corrected chi connectivity index (χ0v) is 18.1. The van der Waals surface area contributed by atoms with Crippen molar-refractivity contribution < 1.29 is 28.4 Å². The number of rotatable bonds is 6. The summed E-state index contributed by atoms with van der Waals surface area (Å²) in [4.78, 5) is 0. The van der Waals surface area contributed by atoms with Crippen molar-refractivity contribution in [2.24, 2.45) is 11.8 Å². The highest BCUT2D eigenvalue weighted by molar-refractivity contribution is 5.46. The SMILES string of the molecule is COc1cc(C2OC[C@@H]3C(c4ccc5c(c4)OCO5)OC[C@H]23)ccc1OCC=C(C)C. The van der Waals surface area contributed by atoms with Gasteiger partial charge < -0.3 is 28.4 Å². The van der Waals surface area contributed by atoms with E-state index in [0.717, 1.165) is 34.1 Å². The van der Waals surface area contributed by atoms with Gasteiger partial charge >= 0.3 is 0 Å². The van der Waals surface area contributed by atoms with E-state index in [4.69, 9.17) is 28.4 Å². The Bertz CT molecular complexity index is 980. The molecule has 6 nitrogen and oxygen atoms in total. The second-order valence-electron chi connectivity index (χ2n) is 8.45. The number of hydrogen-bond acceptors (Lipinski definition) is 6. The second-order valence-corrected chi connectivity index (χ2v) is 8.45. The van der Waals surface area contributed by atoms with Crippen molar-refractivity contribution in [3.8, 4) is 23.0 Å². The molecule has 0 aliphatic carbocycles. The molecule has 2 fully saturated rings. The van der Waals surface area contributed by atoms with Crippen LogP contribution in [0.4, 0.5) is 0 Å². The highest BCUT2D eigenvalue weighted by Gasteiger charge is 2.48. The summed E-state index contributed by atoms with van der Waals surface area (Å²) in [7, 11) is 1.67. The fraction of sp³-hybridized carbons (Fsp3) is 0.440. The van der Waals surface area contributed by atoms with Crippen LogP contribution in [0.5, 0.6) is 23.0 Å². The minimum atomic E-state index is -0.0234.